The van der Waals surface area contributed by atoms with E-state index in [1.807, 2.05) is 13.0 Å². The van der Waals surface area contributed by atoms with Gasteiger partial charge in [0.25, 0.3) is 0 Å². The molecule has 1 heterocycles. The Labute approximate surface area is 130 Å². The molecule has 1 aromatic heterocycles. The van der Waals surface area contributed by atoms with E-state index in [0.29, 0.717) is 18.9 Å². The van der Waals surface area contributed by atoms with Crippen LogP contribution >= 0.6 is 11.3 Å². The second kappa shape index (κ2) is 6.48. The molecule has 1 aromatic carbocycles. The van der Waals surface area contributed by atoms with Crippen LogP contribution in [0.5, 0.6) is 5.75 Å². The van der Waals surface area contributed by atoms with E-state index in [0.717, 1.165) is 5.69 Å². The molecule has 0 unspecified atom stereocenters. The topological polar surface area (TPSA) is 21.3 Å². The van der Waals surface area contributed by atoms with Gasteiger partial charge in [0.2, 0.25) is 0 Å². The summed E-state index contributed by atoms with van der Waals surface area (Å²) in [6.45, 7) is 9.63. The van der Waals surface area contributed by atoms with Crippen molar-refractivity contribution in [3.05, 3.63) is 45.9 Å². The molecule has 0 spiro atoms. The minimum atomic E-state index is -0.330. The maximum Gasteiger partial charge on any atom is 0.167 e. The Morgan fingerprint density at radius 3 is 2.52 bits per heavy atom. The van der Waals surface area contributed by atoms with Crippen molar-refractivity contribution in [2.24, 2.45) is 0 Å². The van der Waals surface area contributed by atoms with Crippen molar-refractivity contribution < 1.29 is 9.13 Å². The largest absolute Gasteiger partial charge is 0.491 e. The molecule has 0 aliphatic carbocycles. The summed E-state index contributed by atoms with van der Waals surface area (Å²) in [5.41, 5.74) is 0.940. The van der Waals surface area contributed by atoms with E-state index >= 15 is 0 Å². The highest BCUT2D eigenvalue weighted by Gasteiger charge is 2.15. The minimum absolute atomic E-state index is 0.175. The van der Waals surface area contributed by atoms with Gasteiger partial charge in [0.1, 0.15) is 0 Å². The molecule has 2 aromatic rings. The lowest BCUT2D eigenvalue weighted by atomic mass is 9.95. The highest BCUT2D eigenvalue weighted by Crippen LogP contribution is 2.30. The molecule has 2 nitrogen and oxygen atoms in total. The van der Waals surface area contributed by atoms with E-state index in [-0.39, 0.29) is 11.2 Å². The minimum Gasteiger partial charge on any atom is -0.491 e. The summed E-state index contributed by atoms with van der Waals surface area (Å²) >= 11 is 1.79. The van der Waals surface area contributed by atoms with Crippen molar-refractivity contribution in [3.8, 4) is 5.75 Å². The Morgan fingerprint density at radius 2 is 1.95 bits per heavy atom. The van der Waals surface area contributed by atoms with Crippen LogP contribution in [0.3, 0.4) is 0 Å². The molecule has 21 heavy (non-hydrogen) atoms. The number of benzene rings is 1. The number of rotatable bonds is 5. The highest BCUT2D eigenvalue weighted by molar-refractivity contribution is 7.12. The van der Waals surface area contributed by atoms with Crippen molar-refractivity contribution in [1.82, 2.24) is 0 Å². The SMILES string of the molecule is CCOc1ccc(NCc2ccc(C(C)(C)C)s2)cc1F. The Morgan fingerprint density at radius 1 is 1.19 bits per heavy atom. The summed E-state index contributed by atoms with van der Waals surface area (Å²) in [7, 11) is 0. The van der Waals surface area contributed by atoms with Gasteiger partial charge in [-0.1, -0.05) is 20.8 Å². The second-order valence-electron chi connectivity index (χ2n) is 5.95. The van der Waals surface area contributed by atoms with Crippen molar-refractivity contribution in [1.29, 1.82) is 0 Å². The molecule has 0 aliphatic rings. The average molecular weight is 307 g/mol. The molecule has 4 heteroatoms. The Kier molecular flexibility index (Phi) is 4.88. The van der Waals surface area contributed by atoms with Crippen LogP contribution in [-0.2, 0) is 12.0 Å². The van der Waals surface area contributed by atoms with Gasteiger partial charge >= 0.3 is 0 Å². The van der Waals surface area contributed by atoms with Gasteiger partial charge in [0.05, 0.1) is 6.61 Å². The summed E-state index contributed by atoms with van der Waals surface area (Å²) in [6, 6.07) is 9.27. The fourth-order valence-corrected chi connectivity index (χ4v) is 2.95. The molecule has 114 valence electrons. The van der Waals surface area contributed by atoms with Crippen molar-refractivity contribution in [2.45, 2.75) is 39.7 Å². The summed E-state index contributed by atoms with van der Waals surface area (Å²) in [5.74, 6) is -0.0300. The molecule has 0 saturated heterocycles. The first-order valence-electron chi connectivity index (χ1n) is 7.15. The quantitative estimate of drug-likeness (QED) is 0.820. The van der Waals surface area contributed by atoms with Crippen LogP contribution in [0.1, 0.15) is 37.4 Å². The summed E-state index contributed by atoms with van der Waals surface area (Å²) in [6.07, 6.45) is 0. The number of halogens is 1. The van der Waals surface area contributed by atoms with E-state index in [2.05, 4.69) is 38.2 Å². The highest BCUT2D eigenvalue weighted by atomic mass is 32.1. The van der Waals surface area contributed by atoms with Crippen molar-refractivity contribution >= 4 is 17.0 Å². The molecule has 0 amide bonds. The predicted molar refractivity (Wildman–Crippen MR) is 87.9 cm³/mol. The fourth-order valence-electron chi connectivity index (χ4n) is 1.95. The molecule has 0 bridgehead atoms. The molecule has 0 saturated carbocycles. The third-order valence-corrected chi connectivity index (χ3v) is 4.61. The van der Waals surface area contributed by atoms with E-state index < -0.39 is 0 Å². The zero-order valence-corrected chi connectivity index (χ0v) is 13.8. The zero-order valence-electron chi connectivity index (χ0n) is 13.0. The van der Waals surface area contributed by atoms with Crippen LogP contribution in [0.2, 0.25) is 0 Å². The smallest absolute Gasteiger partial charge is 0.167 e. The molecule has 0 radical (unpaired) electrons. The number of nitrogens with one attached hydrogen (secondary N) is 1. The standard InChI is InChI=1S/C17H22FNOS/c1-5-20-15-8-6-12(10-14(15)18)19-11-13-7-9-16(21-13)17(2,3)4/h6-10,19H,5,11H2,1-4H3. The number of hydrogen-bond acceptors (Lipinski definition) is 3. The van der Waals surface area contributed by atoms with E-state index in [4.69, 9.17) is 4.74 Å². The number of thiophene rings is 1. The fraction of sp³-hybridized carbons (Fsp3) is 0.412. The Balaban J connectivity index is 2.00. The Hall–Kier alpha value is -1.55. The van der Waals surface area contributed by atoms with Gasteiger partial charge < -0.3 is 10.1 Å². The Bertz CT molecular complexity index is 601. The summed E-state index contributed by atoms with van der Waals surface area (Å²) in [5, 5.41) is 3.25. The monoisotopic (exact) mass is 307 g/mol. The normalized spacial score (nSPS) is 11.5. The van der Waals surface area contributed by atoms with E-state index in [1.54, 1.807) is 17.4 Å². The molecular formula is C17H22FNOS. The molecule has 1 N–H and O–H groups in total. The van der Waals surface area contributed by atoms with Crippen LogP contribution < -0.4 is 10.1 Å². The van der Waals surface area contributed by atoms with Gasteiger partial charge in [-0.2, -0.15) is 0 Å². The molecule has 0 atom stereocenters. The van der Waals surface area contributed by atoms with Crippen LogP contribution in [0, 0.1) is 5.82 Å². The third kappa shape index (κ3) is 4.21. The number of hydrogen-bond donors (Lipinski definition) is 1. The van der Waals surface area contributed by atoms with E-state index in [1.165, 1.54) is 15.8 Å². The summed E-state index contributed by atoms with van der Waals surface area (Å²) < 4.78 is 19.0. The van der Waals surface area contributed by atoms with Gasteiger partial charge in [-0.15, -0.1) is 11.3 Å². The maximum absolute atomic E-state index is 13.8. The molecule has 0 fully saturated rings. The van der Waals surface area contributed by atoms with Gasteiger partial charge in [-0.3, -0.25) is 0 Å². The maximum atomic E-state index is 13.8. The van der Waals surface area contributed by atoms with Crippen LogP contribution in [0.25, 0.3) is 0 Å². The van der Waals surface area contributed by atoms with Gasteiger partial charge in [0, 0.05) is 28.1 Å². The molecular weight excluding hydrogens is 285 g/mol. The van der Waals surface area contributed by atoms with Gasteiger partial charge in [-0.25, -0.2) is 4.39 Å². The van der Waals surface area contributed by atoms with Crippen molar-refractivity contribution in [3.63, 3.8) is 0 Å². The molecule has 2 rings (SSSR count). The predicted octanol–water partition coefficient (Wildman–Crippen LogP) is 5.20. The second-order valence-corrected chi connectivity index (χ2v) is 7.12. The van der Waals surface area contributed by atoms with E-state index in [9.17, 15) is 4.39 Å². The van der Waals surface area contributed by atoms with Crippen LogP contribution in [0.15, 0.2) is 30.3 Å². The third-order valence-electron chi connectivity index (χ3n) is 3.10. The first-order chi connectivity index (χ1) is 9.90. The lowest BCUT2D eigenvalue weighted by Crippen LogP contribution is -2.07. The van der Waals surface area contributed by atoms with Crippen molar-refractivity contribution in [2.75, 3.05) is 11.9 Å². The average Bonchev–Trinajstić information content (AvgIpc) is 2.88. The first-order valence-corrected chi connectivity index (χ1v) is 7.97. The number of ether oxygens (including phenoxy) is 1. The lowest BCUT2D eigenvalue weighted by molar-refractivity contribution is 0.321. The first kappa shape index (κ1) is 15.8. The number of anilines is 1. The summed E-state index contributed by atoms with van der Waals surface area (Å²) in [4.78, 5) is 2.60. The van der Waals surface area contributed by atoms with Gasteiger partial charge in [0.15, 0.2) is 11.6 Å². The lowest BCUT2D eigenvalue weighted by Gasteiger charge is -2.15. The van der Waals surface area contributed by atoms with Crippen LogP contribution in [-0.4, -0.2) is 6.61 Å². The van der Waals surface area contributed by atoms with Gasteiger partial charge in [-0.05, 0) is 36.6 Å². The van der Waals surface area contributed by atoms with Crippen LogP contribution in [0.4, 0.5) is 10.1 Å². The molecule has 0 aliphatic heterocycles. The zero-order chi connectivity index (χ0) is 15.5.